The number of rotatable bonds is 2. The predicted molar refractivity (Wildman–Crippen MR) is 68.6 cm³/mol. The topological polar surface area (TPSA) is 38.9 Å². The summed E-state index contributed by atoms with van der Waals surface area (Å²) in [6.07, 6.45) is 2.52. The lowest BCUT2D eigenvalue weighted by molar-refractivity contribution is 0.617. The number of nitrogens with zero attached hydrogens (tertiary/aromatic N) is 1. The molecule has 84 valence electrons. The molecule has 1 saturated carbocycles. The van der Waals surface area contributed by atoms with Crippen LogP contribution >= 0.6 is 12.4 Å². The van der Waals surface area contributed by atoms with Crippen LogP contribution in [0, 0.1) is 5.92 Å². The van der Waals surface area contributed by atoms with Crippen LogP contribution in [-0.2, 0) is 0 Å². The van der Waals surface area contributed by atoms with E-state index in [1.54, 1.807) is 0 Å². The molecule has 2 nitrogen and oxygen atoms in total. The average Bonchev–Trinajstić information content (AvgIpc) is 3.11. The van der Waals surface area contributed by atoms with E-state index in [1.165, 1.54) is 18.2 Å². The van der Waals surface area contributed by atoms with Gasteiger partial charge in [0, 0.05) is 11.4 Å². The Morgan fingerprint density at radius 3 is 2.62 bits per heavy atom. The smallest absolute Gasteiger partial charge is 0.0706 e. The maximum atomic E-state index is 6.13. The van der Waals surface area contributed by atoms with Crippen LogP contribution in [0.15, 0.2) is 36.4 Å². The zero-order valence-corrected chi connectivity index (χ0v) is 9.78. The molecule has 3 heteroatoms. The van der Waals surface area contributed by atoms with Crippen LogP contribution < -0.4 is 5.73 Å². The Labute approximate surface area is 101 Å². The van der Waals surface area contributed by atoms with E-state index < -0.39 is 0 Å². The number of para-hydroxylation sites is 1. The molecule has 1 aromatic carbocycles. The van der Waals surface area contributed by atoms with E-state index in [0.29, 0.717) is 5.92 Å². The summed E-state index contributed by atoms with van der Waals surface area (Å²) in [5.74, 6) is 0.665. The molecule has 0 saturated heterocycles. The molecule has 16 heavy (non-hydrogen) atoms. The summed E-state index contributed by atoms with van der Waals surface area (Å²) in [7, 11) is 0. The van der Waals surface area contributed by atoms with Gasteiger partial charge in [0.1, 0.15) is 0 Å². The zero-order chi connectivity index (χ0) is 10.3. The van der Waals surface area contributed by atoms with Gasteiger partial charge in [-0.3, -0.25) is 4.98 Å². The minimum atomic E-state index is 0. The van der Waals surface area contributed by atoms with Gasteiger partial charge >= 0.3 is 0 Å². The van der Waals surface area contributed by atoms with Gasteiger partial charge in [0.15, 0.2) is 0 Å². The van der Waals surface area contributed by atoms with Crippen molar-refractivity contribution in [3.8, 4) is 0 Å². The van der Waals surface area contributed by atoms with Crippen molar-refractivity contribution in [1.29, 1.82) is 0 Å². The second-order valence-corrected chi connectivity index (χ2v) is 4.29. The van der Waals surface area contributed by atoms with Crippen LogP contribution in [0.3, 0.4) is 0 Å². The average molecular weight is 235 g/mol. The highest BCUT2D eigenvalue weighted by atomic mass is 35.5. The van der Waals surface area contributed by atoms with Crippen molar-refractivity contribution in [2.45, 2.75) is 18.9 Å². The highest BCUT2D eigenvalue weighted by Crippen LogP contribution is 2.38. The molecule has 3 rings (SSSR count). The number of pyridine rings is 1. The van der Waals surface area contributed by atoms with Crippen molar-refractivity contribution in [3.05, 3.63) is 42.1 Å². The van der Waals surface area contributed by atoms with E-state index in [2.05, 4.69) is 23.2 Å². The summed E-state index contributed by atoms with van der Waals surface area (Å²) < 4.78 is 0. The number of fused-ring (bicyclic) bond motifs is 1. The lowest BCUT2D eigenvalue weighted by Crippen LogP contribution is -2.13. The van der Waals surface area contributed by atoms with Crippen LogP contribution in [0.5, 0.6) is 0 Å². The molecule has 1 aliphatic carbocycles. The first-order valence-electron chi connectivity index (χ1n) is 5.46. The number of hydrogen-bond acceptors (Lipinski definition) is 2. The van der Waals surface area contributed by atoms with E-state index in [-0.39, 0.29) is 18.4 Å². The molecule has 1 atom stereocenters. The van der Waals surface area contributed by atoms with Gasteiger partial charge < -0.3 is 5.73 Å². The highest BCUT2D eigenvalue weighted by Gasteiger charge is 2.30. The number of halogens is 1. The van der Waals surface area contributed by atoms with Gasteiger partial charge in [0.2, 0.25) is 0 Å². The summed E-state index contributed by atoms with van der Waals surface area (Å²) in [6, 6.07) is 12.5. The molecule has 0 aliphatic heterocycles. The van der Waals surface area contributed by atoms with E-state index in [4.69, 9.17) is 5.73 Å². The van der Waals surface area contributed by atoms with E-state index in [9.17, 15) is 0 Å². The normalized spacial score (nSPS) is 16.8. The second-order valence-electron chi connectivity index (χ2n) is 4.29. The third-order valence-corrected chi connectivity index (χ3v) is 3.09. The molecule has 0 bridgehead atoms. The van der Waals surface area contributed by atoms with Gasteiger partial charge in [0.05, 0.1) is 11.2 Å². The van der Waals surface area contributed by atoms with Gasteiger partial charge in [-0.05, 0) is 30.9 Å². The van der Waals surface area contributed by atoms with Gasteiger partial charge in [0.25, 0.3) is 0 Å². The molecule has 0 amide bonds. The Hall–Kier alpha value is -1.12. The third-order valence-electron chi connectivity index (χ3n) is 3.09. The Balaban J connectivity index is 0.000000963. The Bertz CT molecular complexity index is 494. The fraction of sp³-hybridized carbons (Fsp3) is 0.308. The molecule has 0 spiro atoms. The number of nitrogens with two attached hydrogens (primary N) is 1. The number of hydrogen-bond donors (Lipinski definition) is 1. The van der Waals surface area contributed by atoms with Gasteiger partial charge in [-0.15, -0.1) is 12.4 Å². The quantitative estimate of drug-likeness (QED) is 0.868. The molecule has 1 fully saturated rings. The van der Waals surface area contributed by atoms with Crippen LogP contribution in [0.1, 0.15) is 24.6 Å². The summed E-state index contributed by atoms with van der Waals surface area (Å²) in [5, 5.41) is 1.18. The molecule has 1 heterocycles. The van der Waals surface area contributed by atoms with Crippen molar-refractivity contribution >= 4 is 23.3 Å². The first kappa shape index (κ1) is 11.4. The number of benzene rings is 1. The SMILES string of the molecule is Cl.N[C@@H](c1ccc2ccccc2n1)C1CC1. The largest absolute Gasteiger partial charge is 0.322 e. The molecule has 2 aromatic rings. The Morgan fingerprint density at radius 2 is 1.88 bits per heavy atom. The van der Waals surface area contributed by atoms with Crippen molar-refractivity contribution in [2.24, 2.45) is 11.7 Å². The van der Waals surface area contributed by atoms with Crippen LogP contribution in [0.4, 0.5) is 0 Å². The lowest BCUT2D eigenvalue weighted by atomic mass is 10.1. The van der Waals surface area contributed by atoms with Gasteiger partial charge in [-0.25, -0.2) is 0 Å². The van der Waals surface area contributed by atoms with Crippen LogP contribution in [-0.4, -0.2) is 4.98 Å². The standard InChI is InChI=1S/C13H14N2.ClH/c14-13(10-5-6-10)12-8-7-9-3-1-2-4-11(9)15-12;/h1-4,7-8,10,13H,5-6,14H2;1H/t13-;/m1./s1. The molecular formula is C13H15ClN2. The maximum absolute atomic E-state index is 6.13. The lowest BCUT2D eigenvalue weighted by Gasteiger charge is -2.10. The van der Waals surface area contributed by atoms with Gasteiger partial charge in [-0.1, -0.05) is 24.3 Å². The van der Waals surface area contributed by atoms with E-state index in [1.807, 2.05) is 18.2 Å². The van der Waals surface area contributed by atoms with Crippen molar-refractivity contribution < 1.29 is 0 Å². The van der Waals surface area contributed by atoms with Crippen molar-refractivity contribution in [1.82, 2.24) is 4.98 Å². The summed E-state index contributed by atoms with van der Waals surface area (Å²) in [6.45, 7) is 0. The molecular weight excluding hydrogens is 220 g/mol. The molecule has 1 aliphatic rings. The second kappa shape index (κ2) is 4.40. The third kappa shape index (κ3) is 2.04. The fourth-order valence-electron chi connectivity index (χ4n) is 1.96. The van der Waals surface area contributed by atoms with Crippen LogP contribution in [0.25, 0.3) is 10.9 Å². The first-order chi connectivity index (χ1) is 7.34. The zero-order valence-electron chi connectivity index (χ0n) is 8.97. The van der Waals surface area contributed by atoms with E-state index >= 15 is 0 Å². The Morgan fingerprint density at radius 1 is 1.12 bits per heavy atom. The number of aromatic nitrogens is 1. The molecule has 2 N–H and O–H groups in total. The predicted octanol–water partition coefficient (Wildman–Crippen LogP) is 3.07. The van der Waals surface area contributed by atoms with Crippen molar-refractivity contribution in [3.63, 3.8) is 0 Å². The first-order valence-corrected chi connectivity index (χ1v) is 5.46. The monoisotopic (exact) mass is 234 g/mol. The highest BCUT2D eigenvalue weighted by molar-refractivity contribution is 5.85. The minimum absolute atomic E-state index is 0. The van der Waals surface area contributed by atoms with E-state index in [0.717, 1.165) is 11.2 Å². The van der Waals surface area contributed by atoms with Crippen LogP contribution in [0.2, 0.25) is 0 Å². The minimum Gasteiger partial charge on any atom is -0.322 e. The van der Waals surface area contributed by atoms with Gasteiger partial charge in [-0.2, -0.15) is 0 Å². The molecule has 0 unspecified atom stereocenters. The summed E-state index contributed by atoms with van der Waals surface area (Å²) in [5.41, 5.74) is 8.21. The maximum Gasteiger partial charge on any atom is 0.0706 e. The summed E-state index contributed by atoms with van der Waals surface area (Å²) >= 11 is 0. The fourth-order valence-corrected chi connectivity index (χ4v) is 1.96. The molecule has 1 aromatic heterocycles. The van der Waals surface area contributed by atoms with Crippen molar-refractivity contribution in [2.75, 3.05) is 0 Å². The molecule has 0 radical (unpaired) electrons. The summed E-state index contributed by atoms with van der Waals surface area (Å²) in [4.78, 5) is 4.61. The Kier molecular flexibility index (Phi) is 3.13.